The van der Waals surface area contributed by atoms with Crippen molar-refractivity contribution in [2.45, 2.75) is 76.7 Å². The molecule has 47 heavy (non-hydrogen) atoms. The van der Waals surface area contributed by atoms with Gasteiger partial charge in [-0.1, -0.05) is 169 Å². The Morgan fingerprint density at radius 1 is 0.660 bits per heavy atom. The minimum absolute atomic E-state index is 0.00629. The number of benzene rings is 4. The molecule has 3 nitrogen and oxygen atoms in total. The molecule has 0 heterocycles. The van der Waals surface area contributed by atoms with Gasteiger partial charge in [0.05, 0.1) is 18.8 Å². The topological polar surface area (TPSA) is 38.7 Å². The Hall–Kier alpha value is -2.60. The molecule has 6 heteroatoms. The summed E-state index contributed by atoms with van der Waals surface area (Å²) >= 11 is 2.36. The first kappa shape index (κ1) is 37.2. The van der Waals surface area contributed by atoms with Crippen LogP contribution in [-0.2, 0) is 8.85 Å². The average molecular weight is 775 g/mol. The van der Waals surface area contributed by atoms with E-state index in [1.165, 1.54) is 20.7 Å². The highest BCUT2D eigenvalue weighted by molar-refractivity contribution is 14.1. The van der Waals surface area contributed by atoms with E-state index in [2.05, 4.69) is 192 Å². The third kappa shape index (κ3) is 8.35. The molecule has 0 saturated carbocycles. The second-order valence-corrected chi connectivity index (χ2v) is 24.1. The van der Waals surface area contributed by atoms with Crippen molar-refractivity contribution in [1.82, 2.24) is 0 Å². The second kappa shape index (κ2) is 16.2. The molecule has 0 fully saturated rings. The van der Waals surface area contributed by atoms with Crippen molar-refractivity contribution in [1.29, 1.82) is 0 Å². The molecule has 0 aliphatic carbocycles. The molecule has 4 aromatic carbocycles. The molecule has 0 bridgehead atoms. The summed E-state index contributed by atoms with van der Waals surface area (Å²) in [7, 11) is -5.73. The van der Waals surface area contributed by atoms with Gasteiger partial charge in [0.1, 0.15) is 0 Å². The number of hydrogen-bond donors (Lipinski definition) is 1. The fourth-order valence-corrected chi connectivity index (χ4v) is 16.9. The van der Waals surface area contributed by atoms with Crippen molar-refractivity contribution in [3.8, 4) is 0 Å². The largest absolute Gasteiger partial charge is 0.404 e. The third-order valence-electron chi connectivity index (χ3n) is 9.00. The SMILES string of the molecule is C=C[C@H](C[C@H](C/C(I)=C\CO)O[Si](c1ccccc1)(c1ccccc1)C(C)(C)C)O[Si](c1ccccc1)(c1ccccc1)C(C)(C)C. The monoisotopic (exact) mass is 774 g/mol. The van der Waals surface area contributed by atoms with Crippen molar-refractivity contribution >= 4 is 60.0 Å². The molecule has 4 rings (SSSR count). The Morgan fingerprint density at radius 2 is 1.00 bits per heavy atom. The Bertz CT molecular complexity index is 1480. The lowest BCUT2D eigenvalue weighted by atomic mass is 10.1. The average Bonchev–Trinajstić information content (AvgIpc) is 3.06. The summed E-state index contributed by atoms with van der Waals surface area (Å²) in [6.07, 6.45) is 4.68. The Labute approximate surface area is 299 Å². The lowest BCUT2D eigenvalue weighted by Crippen LogP contribution is -2.68. The zero-order valence-corrected chi connectivity index (χ0v) is 33.0. The Kier molecular flexibility index (Phi) is 12.8. The van der Waals surface area contributed by atoms with Gasteiger partial charge >= 0.3 is 0 Å². The molecular formula is C41H51IO3Si2. The molecule has 4 aromatic rings. The lowest BCUT2D eigenvalue weighted by molar-refractivity contribution is 0.121. The molecule has 0 aromatic heterocycles. The lowest BCUT2D eigenvalue weighted by Gasteiger charge is -2.47. The Balaban J connectivity index is 1.87. The molecule has 0 aliphatic heterocycles. The Morgan fingerprint density at radius 3 is 1.30 bits per heavy atom. The van der Waals surface area contributed by atoms with Crippen LogP contribution in [0, 0.1) is 0 Å². The summed E-state index contributed by atoms with van der Waals surface area (Å²) in [6, 6.07) is 43.1. The van der Waals surface area contributed by atoms with Gasteiger partial charge in [0, 0.05) is 12.8 Å². The van der Waals surface area contributed by atoms with Crippen LogP contribution in [0.5, 0.6) is 0 Å². The normalized spacial score (nSPS) is 14.4. The fraction of sp³-hybridized carbons (Fsp3) is 0.317. The molecular weight excluding hydrogens is 724 g/mol. The molecule has 1 N–H and O–H groups in total. The van der Waals surface area contributed by atoms with E-state index in [4.69, 9.17) is 8.85 Å². The molecule has 0 unspecified atom stereocenters. The molecule has 0 aliphatic rings. The van der Waals surface area contributed by atoms with Crippen molar-refractivity contribution in [2.24, 2.45) is 0 Å². The van der Waals surface area contributed by atoms with Crippen LogP contribution >= 0.6 is 22.6 Å². The number of aliphatic hydroxyl groups is 1. The first-order valence-corrected chi connectivity index (χ1v) is 21.4. The zero-order chi connectivity index (χ0) is 34.1. The van der Waals surface area contributed by atoms with E-state index in [0.29, 0.717) is 12.8 Å². The number of aliphatic hydroxyl groups excluding tert-OH is 1. The van der Waals surface area contributed by atoms with Gasteiger partial charge in [0.15, 0.2) is 0 Å². The van der Waals surface area contributed by atoms with Crippen LogP contribution in [0.3, 0.4) is 0 Å². The van der Waals surface area contributed by atoms with Gasteiger partial charge in [-0.25, -0.2) is 0 Å². The van der Waals surface area contributed by atoms with E-state index in [-0.39, 0.29) is 28.9 Å². The maximum absolute atomic E-state index is 9.84. The molecule has 0 amide bonds. The minimum atomic E-state index is -2.88. The van der Waals surface area contributed by atoms with Crippen molar-refractivity contribution in [2.75, 3.05) is 6.61 Å². The maximum atomic E-state index is 9.84. The highest BCUT2D eigenvalue weighted by atomic mass is 127. The number of rotatable bonds is 14. The number of halogens is 1. The van der Waals surface area contributed by atoms with E-state index in [1.807, 2.05) is 12.2 Å². The fourth-order valence-electron chi connectivity index (χ4n) is 6.88. The summed E-state index contributed by atoms with van der Waals surface area (Å²) in [6.45, 7) is 18.2. The highest BCUT2D eigenvalue weighted by Gasteiger charge is 2.53. The highest BCUT2D eigenvalue weighted by Crippen LogP contribution is 2.41. The standard InChI is InChI=1S/C41H51IO3Si2/c1-8-34(44-46(40(2,3)4,36-21-13-9-14-22-36)37-23-15-10-16-24-37)32-35(31-33(42)29-30-43)45-47(41(5,6)7,38-25-17-11-18-26-38)39-27-19-12-20-28-39/h8-29,34-35,43H,1,30-32H2,2-7H3/b33-29+/t34-,35+/m1/s1. The van der Waals surface area contributed by atoms with E-state index in [1.54, 1.807) is 0 Å². The first-order chi connectivity index (χ1) is 22.4. The minimum Gasteiger partial charge on any atom is -0.404 e. The number of hydrogen-bond acceptors (Lipinski definition) is 3. The third-order valence-corrected chi connectivity index (χ3v) is 20.0. The molecule has 2 atom stereocenters. The predicted octanol–water partition coefficient (Wildman–Crippen LogP) is 8.15. The molecule has 0 saturated heterocycles. The second-order valence-electron chi connectivity index (χ2n) is 14.2. The van der Waals surface area contributed by atoms with Crippen LogP contribution in [0.4, 0.5) is 0 Å². The van der Waals surface area contributed by atoms with Crippen molar-refractivity contribution in [3.63, 3.8) is 0 Å². The van der Waals surface area contributed by atoms with Gasteiger partial charge in [-0.3, -0.25) is 0 Å². The summed E-state index contributed by atoms with van der Waals surface area (Å²) in [5.41, 5.74) is 0. The zero-order valence-electron chi connectivity index (χ0n) is 28.8. The molecule has 248 valence electrons. The van der Waals surface area contributed by atoms with E-state index < -0.39 is 16.6 Å². The quantitative estimate of drug-likeness (QED) is 0.0799. The van der Waals surface area contributed by atoms with Gasteiger partial charge in [0.2, 0.25) is 0 Å². The molecule has 0 spiro atoms. The van der Waals surface area contributed by atoms with Crippen LogP contribution in [0.15, 0.2) is 144 Å². The summed E-state index contributed by atoms with van der Waals surface area (Å²) in [5.74, 6) is 0. The summed E-state index contributed by atoms with van der Waals surface area (Å²) in [4.78, 5) is 0. The van der Waals surface area contributed by atoms with E-state index in [0.717, 1.165) is 3.58 Å². The van der Waals surface area contributed by atoms with Gasteiger partial charge in [0.25, 0.3) is 16.6 Å². The van der Waals surface area contributed by atoms with Crippen molar-refractivity contribution < 1.29 is 14.0 Å². The van der Waals surface area contributed by atoms with Crippen LogP contribution in [0.2, 0.25) is 10.1 Å². The smallest absolute Gasteiger partial charge is 0.261 e. The summed E-state index contributed by atoms with van der Waals surface area (Å²) in [5, 5.41) is 14.5. The summed E-state index contributed by atoms with van der Waals surface area (Å²) < 4.78 is 16.4. The van der Waals surface area contributed by atoms with E-state index >= 15 is 0 Å². The predicted molar refractivity (Wildman–Crippen MR) is 214 cm³/mol. The van der Waals surface area contributed by atoms with Crippen LogP contribution < -0.4 is 20.7 Å². The van der Waals surface area contributed by atoms with Crippen LogP contribution in [-0.4, -0.2) is 40.6 Å². The van der Waals surface area contributed by atoms with Gasteiger partial charge < -0.3 is 14.0 Å². The van der Waals surface area contributed by atoms with Crippen molar-refractivity contribution in [3.05, 3.63) is 144 Å². The van der Waals surface area contributed by atoms with Gasteiger partial charge in [-0.15, -0.1) is 6.58 Å². The van der Waals surface area contributed by atoms with Crippen LogP contribution in [0.25, 0.3) is 0 Å². The maximum Gasteiger partial charge on any atom is 0.261 e. The van der Waals surface area contributed by atoms with Gasteiger partial charge in [-0.2, -0.15) is 0 Å². The van der Waals surface area contributed by atoms with Crippen LogP contribution in [0.1, 0.15) is 54.4 Å². The molecule has 0 radical (unpaired) electrons. The first-order valence-electron chi connectivity index (χ1n) is 16.5. The van der Waals surface area contributed by atoms with Gasteiger partial charge in [-0.05, 0) is 63.1 Å². The van der Waals surface area contributed by atoms with E-state index in [9.17, 15) is 5.11 Å².